The van der Waals surface area contributed by atoms with Gasteiger partial charge in [-0.15, -0.1) is 26.6 Å². The summed E-state index contributed by atoms with van der Waals surface area (Å²) in [5.41, 5.74) is 2.26. The quantitative estimate of drug-likeness (QED) is 0.414. The molecule has 26 heavy (non-hydrogen) atoms. The van der Waals surface area contributed by atoms with Crippen molar-refractivity contribution in [3.8, 4) is 5.69 Å². The molecular formula is C18H15ClN4O3. The van der Waals surface area contributed by atoms with Gasteiger partial charge in [0.2, 0.25) is 0 Å². The summed E-state index contributed by atoms with van der Waals surface area (Å²) < 4.78 is 5.43. The van der Waals surface area contributed by atoms with Gasteiger partial charge in [-0.1, -0.05) is 12.1 Å². The molecule has 2 aromatic heterocycles. The Labute approximate surface area is 152 Å². The molecule has 0 aliphatic heterocycles. The molecule has 132 valence electrons. The molecule has 0 spiro atoms. The first-order valence-corrected chi connectivity index (χ1v) is 8.56. The van der Waals surface area contributed by atoms with Gasteiger partial charge in [-0.2, -0.15) is 0 Å². The Morgan fingerprint density at radius 3 is 2.58 bits per heavy atom. The van der Waals surface area contributed by atoms with Crippen molar-refractivity contribution in [3.63, 3.8) is 0 Å². The first-order chi connectivity index (χ1) is 12.6. The van der Waals surface area contributed by atoms with E-state index >= 15 is 0 Å². The lowest BCUT2D eigenvalue weighted by Gasteiger charge is -2.10. The van der Waals surface area contributed by atoms with E-state index in [9.17, 15) is 9.90 Å². The Morgan fingerprint density at radius 2 is 1.88 bits per heavy atom. The van der Waals surface area contributed by atoms with Crippen molar-refractivity contribution in [1.82, 2.24) is 15.0 Å². The number of aliphatic hydroxyl groups excluding tert-OH is 1. The molecule has 2 N–H and O–H groups in total. The summed E-state index contributed by atoms with van der Waals surface area (Å²) in [4.78, 5) is 13.7. The predicted octanol–water partition coefficient (Wildman–Crippen LogP) is 2.54. The highest BCUT2D eigenvalue weighted by Gasteiger charge is 2.12. The Balaban J connectivity index is 1.71. The van der Waals surface area contributed by atoms with Gasteiger partial charge in [0, 0.05) is 23.7 Å². The first-order valence-electron chi connectivity index (χ1n) is 8.02. The molecule has 2 aromatic carbocycles. The van der Waals surface area contributed by atoms with Crippen molar-refractivity contribution in [1.29, 1.82) is 0 Å². The van der Waals surface area contributed by atoms with Gasteiger partial charge in [0.05, 0.1) is 12.0 Å². The van der Waals surface area contributed by atoms with E-state index in [1.54, 1.807) is 12.1 Å². The zero-order valence-electron chi connectivity index (χ0n) is 13.6. The number of nitrogens with zero attached hydrogens (tertiary/aromatic N) is 3. The zero-order chi connectivity index (χ0) is 18.1. The molecule has 8 heteroatoms. The highest BCUT2D eigenvalue weighted by Crippen LogP contribution is 2.20. The van der Waals surface area contributed by atoms with Crippen LogP contribution in [-0.2, 0) is 0 Å². The van der Waals surface area contributed by atoms with Crippen LogP contribution >= 0.6 is 11.6 Å². The topological polar surface area (TPSA) is 93.2 Å². The maximum absolute atomic E-state index is 12.4. The number of benzene rings is 2. The number of hydrogen-bond donors (Lipinski definition) is 2. The molecule has 7 nitrogen and oxygen atoms in total. The van der Waals surface area contributed by atoms with E-state index in [1.165, 1.54) is 4.80 Å². The Morgan fingerprint density at radius 1 is 1.15 bits per heavy atom. The van der Waals surface area contributed by atoms with Crippen LogP contribution in [0.5, 0.6) is 0 Å². The number of alkyl halides is 1. The number of aliphatic hydroxyl groups is 1. The predicted molar refractivity (Wildman–Crippen MR) is 100 cm³/mol. The van der Waals surface area contributed by atoms with Crippen molar-refractivity contribution in [2.75, 3.05) is 17.7 Å². The molecule has 4 rings (SSSR count). The summed E-state index contributed by atoms with van der Waals surface area (Å²) in [6.07, 6.45) is -0.651. The number of aromatic nitrogens is 3. The molecule has 0 radical (unpaired) electrons. The fourth-order valence-electron chi connectivity index (χ4n) is 2.61. The maximum atomic E-state index is 12.4. The third-order valence-corrected chi connectivity index (χ3v) is 4.30. The lowest BCUT2D eigenvalue weighted by atomic mass is 10.2. The minimum Gasteiger partial charge on any atom is -0.421 e. The van der Waals surface area contributed by atoms with Gasteiger partial charge in [0.15, 0.2) is 5.69 Å². The summed E-state index contributed by atoms with van der Waals surface area (Å²) in [6.45, 7) is 0.307. The van der Waals surface area contributed by atoms with Gasteiger partial charge in [-0.25, -0.2) is 4.79 Å². The van der Waals surface area contributed by atoms with E-state index in [0.29, 0.717) is 23.2 Å². The molecule has 0 bridgehead atoms. The van der Waals surface area contributed by atoms with Crippen molar-refractivity contribution >= 4 is 39.3 Å². The molecular weight excluding hydrogens is 356 g/mol. The average Bonchev–Trinajstić information content (AvgIpc) is 3.09. The second-order valence-corrected chi connectivity index (χ2v) is 6.15. The Bertz CT molecular complexity index is 1110. The normalized spacial score (nSPS) is 12.5. The number of rotatable bonds is 5. The summed E-state index contributed by atoms with van der Waals surface area (Å²) in [7, 11) is 0. The van der Waals surface area contributed by atoms with Crippen LogP contribution < -0.4 is 10.9 Å². The third-order valence-electron chi connectivity index (χ3n) is 3.94. The highest BCUT2D eigenvalue weighted by molar-refractivity contribution is 6.18. The second-order valence-electron chi connectivity index (χ2n) is 5.84. The summed E-state index contributed by atoms with van der Waals surface area (Å²) in [5.74, 6) is 0.143. The standard InChI is InChI=1S/C18H15ClN4O3/c19-9-13(24)10-20-12-6-5-11-7-16(18(25)26-17(11)8-12)23-21-14-3-1-2-4-15(14)22-23/h1-8,13,20,24H,9-10H2. The van der Waals surface area contributed by atoms with Gasteiger partial charge < -0.3 is 14.8 Å². The average molecular weight is 371 g/mol. The second kappa shape index (κ2) is 6.78. The molecule has 1 unspecified atom stereocenters. The van der Waals surface area contributed by atoms with E-state index < -0.39 is 11.7 Å². The molecule has 4 aromatic rings. The van der Waals surface area contributed by atoms with E-state index in [4.69, 9.17) is 16.0 Å². The number of hydrogen-bond acceptors (Lipinski definition) is 6. The molecule has 0 saturated carbocycles. The molecule has 0 saturated heterocycles. The smallest absolute Gasteiger partial charge is 0.364 e. The first kappa shape index (κ1) is 16.6. The van der Waals surface area contributed by atoms with Crippen molar-refractivity contribution < 1.29 is 9.52 Å². The van der Waals surface area contributed by atoms with Crippen LogP contribution in [0.15, 0.2) is 57.7 Å². The lowest BCUT2D eigenvalue weighted by molar-refractivity contribution is 0.211. The van der Waals surface area contributed by atoms with Crippen LogP contribution in [-0.4, -0.2) is 38.6 Å². The monoisotopic (exact) mass is 370 g/mol. The van der Waals surface area contributed by atoms with Crippen LogP contribution in [0.2, 0.25) is 0 Å². The lowest BCUT2D eigenvalue weighted by Crippen LogP contribution is -2.20. The van der Waals surface area contributed by atoms with Crippen molar-refractivity contribution in [2.24, 2.45) is 0 Å². The van der Waals surface area contributed by atoms with Crippen LogP contribution in [0.3, 0.4) is 0 Å². The highest BCUT2D eigenvalue weighted by atomic mass is 35.5. The van der Waals surface area contributed by atoms with Crippen molar-refractivity contribution in [3.05, 3.63) is 59.0 Å². The van der Waals surface area contributed by atoms with E-state index in [2.05, 4.69) is 15.5 Å². The van der Waals surface area contributed by atoms with Crippen LogP contribution in [0.25, 0.3) is 27.7 Å². The molecule has 0 aliphatic carbocycles. The van der Waals surface area contributed by atoms with Crippen LogP contribution in [0.1, 0.15) is 0 Å². The summed E-state index contributed by atoms with van der Waals surface area (Å²) in [6, 6.07) is 14.4. The summed E-state index contributed by atoms with van der Waals surface area (Å²) in [5, 5.41) is 21.9. The molecule has 2 heterocycles. The van der Waals surface area contributed by atoms with Crippen LogP contribution in [0.4, 0.5) is 5.69 Å². The SMILES string of the molecule is O=c1oc2cc(NCC(O)CCl)ccc2cc1-n1nc2ccccc2n1. The number of nitrogens with one attached hydrogen (secondary N) is 1. The van der Waals surface area contributed by atoms with Crippen LogP contribution in [0, 0.1) is 0 Å². The van der Waals surface area contributed by atoms with Gasteiger partial charge in [0.1, 0.15) is 16.6 Å². The fourth-order valence-corrected chi connectivity index (χ4v) is 2.72. The van der Waals surface area contributed by atoms with Crippen molar-refractivity contribution in [2.45, 2.75) is 6.10 Å². The van der Waals surface area contributed by atoms with Gasteiger partial charge in [-0.3, -0.25) is 0 Å². The van der Waals surface area contributed by atoms with E-state index in [0.717, 1.165) is 11.1 Å². The minimum absolute atomic E-state index is 0.143. The fraction of sp³-hybridized carbons (Fsp3) is 0.167. The number of halogens is 1. The van der Waals surface area contributed by atoms with Gasteiger partial charge in [0.25, 0.3) is 0 Å². The summed E-state index contributed by atoms with van der Waals surface area (Å²) >= 11 is 5.57. The van der Waals surface area contributed by atoms with E-state index in [1.807, 2.05) is 36.4 Å². The molecule has 0 aliphatic rings. The molecule has 0 fully saturated rings. The number of anilines is 1. The van der Waals surface area contributed by atoms with Gasteiger partial charge in [-0.05, 0) is 30.3 Å². The number of fused-ring (bicyclic) bond motifs is 2. The minimum atomic E-state index is -0.651. The third kappa shape index (κ3) is 3.14. The maximum Gasteiger partial charge on any atom is 0.364 e. The Hall–Kier alpha value is -2.90. The molecule has 0 amide bonds. The molecule has 1 atom stereocenters. The van der Waals surface area contributed by atoms with Gasteiger partial charge >= 0.3 is 5.63 Å². The Kier molecular flexibility index (Phi) is 4.32. The zero-order valence-corrected chi connectivity index (χ0v) is 14.3. The largest absolute Gasteiger partial charge is 0.421 e. The van der Waals surface area contributed by atoms with E-state index in [-0.39, 0.29) is 11.6 Å².